The number of hydrogen-bond acceptors (Lipinski definition) is 4. The molecular formula is C33H38F2IN3O3. The number of terminal acetylenes is 1. The Morgan fingerprint density at radius 2 is 1.81 bits per heavy atom. The van der Waals surface area contributed by atoms with Crippen molar-refractivity contribution in [3.63, 3.8) is 0 Å². The lowest BCUT2D eigenvalue weighted by Gasteiger charge is -2.41. The molecule has 2 aromatic carbocycles. The Balaban J connectivity index is 2.03. The van der Waals surface area contributed by atoms with Crippen molar-refractivity contribution in [2.45, 2.75) is 52.2 Å². The van der Waals surface area contributed by atoms with Gasteiger partial charge < -0.3 is 21.1 Å². The van der Waals surface area contributed by atoms with Crippen LogP contribution in [0.5, 0.6) is 0 Å². The van der Waals surface area contributed by atoms with Gasteiger partial charge in [0.1, 0.15) is 11.6 Å². The van der Waals surface area contributed by atoms with Gasteiger partial charge in [0.15, 0.2) is 0 Å². The van der Waals surface area contributed by atoms with Gasteiger partial charge in [0, 0.05) is 52.9 Å². The largest absolute Gasteiger partial charge is 0.391 e. The van der Waals surface area contributed by atoms with Crippen LogP contribution in [0.3, 0.4) is 0 Å². The van der Waals surface area contributed by atoms with Crippen molar-refractivity contribution in [1.82, 2.24) is 10.2 Å². The molecule has 6 nitrogen and oxygen atoms in total. The van der Waals surface area contributed by atoms with E-state index in [4.69, 9.17) is 12.2 Å². The van der Waals surface area contributed by atoms with Gasteiger partial charge in [0.05, 0.1) is 11.5 Å². The molecule has 0 aliphatic heterocycles. The maximum absolute atomic E-state index is 14.2. The lowest BCUT2D eigenvalue weighted by molar-refractivity contribution is -0.132. The van der Waals surface area contributed by atoms with Crippen LogP contribution in [0.25, 0.3) is 0 Å². The second-order valence-electron chi connectivity index (χ2n) is 10.7. The summed E-state index contributed by atoms with van der Waals surface area (Å²) in [4.78, 5) is 28.8. The van der Waals surface area contributed by atoms with E-state index in [1.54, 1.807) is 11.0 Å². The average molecular weight is 690 g/mol. The van der Waals surface area contributed by atoms with Gasteiger partial charge >= 0.3 is 0 Å². The molecular weight excluding hydrogens is 651 g/mol. The van der Waals surface area contributed by atoms with E-state index in [9.17, 15) is 23.5 Å². The third-order valence-corrected chi connectivity index (χ3v) is 8.15. The number of nitrogens with one attached hydrogen (secondary N) is 1. The minimum absolute atomic E-state index is 0.0486. The molecule has 0 saturated carbocycles. The van der Waals surface area contributed by atoms with Gasteiger partial charge in [0.25, 0.3) is 0 Å². The van der Waals surface area contributed by atoms with Crippen LogP contribution in [0.15, 0.2) is 65.8 Å². The molecule has 0 bridgehead atoms. The highest BCUT2D eigenvalue weighted by Crippen LogP contribution is 2.44. The predicted molar refractivity (Wildman–Crippen MR) is 169 cm³/mol. The quantitative estimate of drug-likeness (QED) is 0.195. The molecule has 3 rings (SSSR count). The zero-order chi connectivity index (χ0) is 30.9. The Hall–Kier alpha value is -3.07. The van der Waals surface area contributed by atoms with Gasteiger partial charge in [-0.05, 0) is 89.7 Å². The number of halogens is 3. The van der Waals surface area contributed by atoms with Crippen LogP contribution in [-0.4, -0.2) is 47.6 Å². The molecule has 1 aliphatic rings. The third kappa shape index (κ3) is 8.49. The molecule has 0 spiro atoms. The number of hydrogen-bond donors (Lipinski definition) is 3. The molecule has 0 radical (unpaired) electrons. The summed E-state index contributed by atoms with van der Waals surface area (Å²) < 4.78 is 29.5. The van der Waals surface area contributed by atoms with E-state index in [1.807, 2.05) is 38.1 Å². The highest BCUT2D eigenvalue weighted by Gasteiger charge is 2.48. The minimum atomic E-state index is -1.60. The van der Waals surface area contributed by atoms with E-state index < -0.39 is 35.0 Å². The van der Waals surface area contributed by atoms with E-state index in [2.05, 4.69) is 33.8 Å². The van der Waals surface area contributed by atoms with Crippen LogP contribution in [0.2, 0.25) is 0 Å². The van der Waals surface area contributed by atoms with Crippen molar-refractivity contribution >= 4 is 34.4 Å². The molecule has 9 heteroatoms. The number of primary amides is 1. The van der Waals surface area contributed by atoms with Crippen molar-refractivity contribution < 1.29 is 23.5 Å². The molecule has 0 aromatic heterocycles. The lowest BCUT2D eigenvalue weighted by atomic mass is 9.63. The van der Waals surface area contributed by atoms with Crippen molar-refractivity contribution in [3.8, 4) is 12.3 Å². The van der Waals surface area contributed by atoms with Crippen molar-refractivity contribution in [1.29, 1.82) is 0 Å². The van der Waals surface area contributed by atoms with Gasteiger partial charge in [-0.1, -0.05) is 38.0 Å². The van der Waals surface area contributed by atoms with Crippen LogP contribution in [0.4, 0.5) is 8.78 Å². The normalized spacial score (nSPS) is 17.9. The molecule has 1 unspecified atom stereocenters. The van der Waals surface area contributed by atoms with Crippen molar-refractivity contribution in [2.24, 2.45) is 17.1 Å². The summed E-state index contributed by atoms with van der Waals surface area (Å²) in [6.45, 7) is 5.49. The van der Waals surface area contributed by atoms with E-state index in [0.717, 1.165) is 40.2 Å². The molecule has 0 heterocycles. The first-order chi connectivity index (χ1) is 20.0. The number of aliphatic hydroxyl groups excluding tert-OH is 1. The molecule has 2 aromatic rings. The first kappa shape index (κ1) is 33.4. The molecule has 0 fully saturated rings. The zero-order valence-corrected chi connectivity index (χ0v) is 26.2. The number of benzene rings is 2. The molecule has 2 amide bonds. The fraction of sp³-hybridized carbons (Fsp3) is 0.394. The zero-order valence-electron chi connectivity index (χ0n) is 24.0. The van der Waals surface area contributed by atoms with Gasteiger partial charge in [0.2, 0.25) is 11.8 Å². The van der Waals surface area contributed by atoms with Crippen LogP contribution in [0.1, 0.15) is 44.2 Å². The fourth-order valence-electron chi connectivity index (χ4n) is 5.58. The van der Waals surface area contributed by atoms with Crippen LogP contribution in [-0.2, 0) is 22.6 Å². The lowest BCUT2D eigenvalue weighted by Crippen LogP contribution is -2.51. The number of amides is 2. The predicted octanol–water partition coefficient (Wildman–Crippen LogP) is 4.89. The van der Waals surface area contributed by atoms with Crippen LogP contribution in [0, 0.1) is 38.9 Å². The van der Waals surface area contributed by atoms with Gasteiger partial charge in [-0.25, -0.2) is 8.78 Å². The molecule has 42 heavy (non-hydrogen) atoms. The van der Waals surface area contributed by atoms with Gasteiger partial charge in [-0.3, -0.25) is 9.59 Å². The summed E-state index contributed by atoms with van der Waals surface area (Å²) in [5, 5.41) is 14.8. The third-order valence-electron chi connectivity index (χ3n) is 7.48. The summed E-state index contributed by atoms with van der Waals surface area (Å²) >= 11 is 2.22. The highest BCUT2D eigenvalue weighted by molar-refractivity contribution is 14.1. The smallest absolute Gasteiger partial charge is 0.249 e. The maximum atomic E-state index is 14.2. The number of nitrogens with two attached hydrogens (primary N) is 1. The minimum Gasteiger partial charge on any atom is -0.391 e. The molecule has 1 aliphatic carbocycles. The van der Waals surface area contributed by atoms with Crippen LogP contribution < -0.4 is 11.1 Å². The Morgan fingerprint density at radius 3 is 2.38 bits per heavy atom. The summed E-state index contributed by atoms with van der Waals surface area (Å²) in [5.41, 5.74) is 6.31. The maximum Gasteiger partial charge on any atom is 0.249 e. The number of carbonyl (C=O) groups excluding carboxylic acids is 2. The summed E-state index contributed by atoms with van der Waals surface area (Å²) in [5.74, 6) is -1.04. The summed E-state index contributed by atoms with van der Waals surface area (Å²) in [7, 11) is 0. The van der Waals surface area contributed by atoms with E-state index in [-0.39, 0.29) is 36.4 Å². The second kappa shape index (κ2) is 15.4. The monoisotopic (exact) mass is 689 g/mol. The fourth-order valence-corrected chi connectivity index (χ4v) is 6.19. The molecule has 224 valence electrons. The first-order valence-corrected chi connectivity index (χ1v) is 15.2. The average Bonchev–Trinajstić information content (AvgIpc) is 2.94. The van der Waals surface area contributed by atoms with Crippen molar-refractivity contribution in [2.75, 3.05) is 19.6 Å². The molecule has 0 saturated heterocycles. The van der Waals surface area contributed by atoms with E-state index >= 15 is 0 Å². The number of rotatable bonds is 14. The van der Waals surface area contributed by atoms with E-state index in [0.29, 0.717) is 25.2 Å². The van der Waals surface area contributed by atoms with Crippen LogP contribution >= 0.6 is 22.6 Å². The number of carbonyl (C=O) groups is 2. The first-order valence-electron chi connectivity index (χ1n) is 14.1. The van der Waals surface area contributed by atoms with Gasteiger partial charge in [-0.15, -0.1) is 6.42 Å². The summed E-state index contributed by atoms with van der Waals surface area (Å²) in [6.07, 6.45) is 9.01. The molecule has 3 atom stereocenters. The second-order valence-corrected chi connectivity index (χ2v) is 11.9. The molecule has 4 N–H and O–H groups in total. The Bertz CT molecular complexity index is 1360. The Kier molecular flexibility index (Phi) is 12.3. The number of aliphatic hydroxyl groups is 1. The Labute approximate surface area is 260 Å². The number of allylic oxidation sites excluding steroid dienone is 2. The SMILES string of the molecule is C#CC1=CC(C(N)=O)([C@H](Cc2cc(F)cc(F)c2)[C@@H](O)CNCc2cccc(I)c2)CC(C(=O)N(CCC)CCC)=C1. The number of nitrogens with zero attached hydrogens (tertiary/aromatic N) is 1. The standard InChI is InChI=1S/C33H38F2IN3O3/c1-4-10-39(11-5-2)31(41)25-12-22(6-3)18-33(19-25,32(37)42)29(16-24-13-26(34)17-27(35)14-24)30(40)21-38-20-23-8-7-9-28(36)15-23/h3,7-9,12-15,17-18,29-30,38,40H,4-5,10-11,16,19-21H2,1-2H3,(H2,37,42)/t29-,30+,33?/m1/s1. The topological polar surface area (TPSA) is 95.7 Å². The summed E-state index contributed by atoms with van der Waals surface area (Å²) in [6, 6.07) is 10.9. The van der Waals surface area contributed by atoms with E-state index in [1.165, 1.54) is 6.08 Å². The highest BCUT2D eigenvalue weighted by atomic mass is 127. The van der Waals surface area contributed by atoms with Crippen molar-refractivity contribution in [3.05, 3.63) is 92.1 Å². The van der Waals surface area contributed by atoms with Gasteiger partial charge in [-0.2, -0.15) is 0 Å². The Morgan fingerprint density at radius 1 is 1.14 bits per heavy atom.